The molecule has 0 aromatic rings. The average Bonchev–Trinajstić information content (AvgIpc) is 3.36. The highest BCUT2D eigenvalue weighted by atomic mass is 16.2. The summed E-state index contributed by atoms with van der Waals surface area (Å²) >= 11 is 0. The molecule has 0 aliphatic carbocycles. The number of carbonyl (C=O) groups excluding carboxylic acids is 8. The molecule has 78 heavy (non-hydrogen) atoms. The van der Waals surface area contributed by atoms with Gasteiger partial charge in [0.1, 0.15) is 23.1 Å². The van der Waals surface area contributed by atoms with Crippen molar-refractivity contribution in [1.29, 1.82) is 0 Å². The highest BCUT2D eigenvalue weighted by Gasteiger charge is 2.44. The van der Waals surface area contributed by atoms with Gasteiger partial charge in [-0.2, -0.15) is 0 Å². The molecule has 0 heterocycles. The van der Waals surface area contributed by atoms with E-state index in [1.807, 2.05) is 49.2 Å². The number of nitrogens with one attached hydrogen (secondary N) is 5. The van der Waals surface area contributed by atoms with Crippen LogP contribution in [0, 0.1) is 39.9 Å². The second-order valence-corrected chi connectivity index (χ2v) is 25.1. The molecule has 4 atom stereocenters. The molecule has 454 valence electrons. The topological polar surface area (TPSA) is 210 Å². The minimum Gasteiger partial charge on any atom is -0.356 e. The fourth-order valence-electron chi connectivity index (χ4n) is 9.77. The highest BCUT2D eigenvalue weighted by Crippen LogP contribution is 2.40. The van der Waals surface area contributed by atoms with Gasteiger partial charge >= 0.3 is 0 Å². The molecule has 0 aromatic heterocycles. The molecule has 0 spiro atoms. The Morgan fingerprint density at radius 3 is 1.29 bits per heavy atom. The molecular weight excluding hydrogens is 987 g/mol. The van der Waals surface area contributed by atoms with Gasteiger partial charge in [0.25, 0.3) is 0 Å². The summed E-state index contributed by atoms with van der Waals surface area (Å²) in [5.41, 5.74) is -3.47. The number of unbranched alkanes of at least 4 members (excludes halogenated alkanes) is 7. The maximum atomic E-state index is 15.2. The fraction of sp³-hybridized carbons (Fsp3) is 0.869. The van der Waals surface area contributed by atoms with E-state index in [2.05, 4.69) is 67.0 Å². The number of rotatable bonds is 49. The maximum Gasteiger partial charge on any atom is 0.223 e. The molecule has 4 unspecified atom stereocenters. The van der Waals surface area contributed by atoms with Crippen LogP contribution in [0.4, 0.5) is 0 Å². The van der Waals surface area contributed by atoms with E-state index in [-0.39, 0.29) is 98.3 Å². The zero-order valence-electron chi connectivity index (χ0n) is 52.6. The quantitative estimate of drug-likeness (QED) is 0.0392. The first-order valence-corrected chi connectivity index (χ1v) is 30.2. The number of likely N-dealkylation sites (N-methyl/N-ethyl adjacent to an activating group) is 4. The molecule has 0 saturated carbocycles. The predicted molar refractivity (Wildman–Crippen MR) is 318 cm³/mol. The molecule has 0 saturated heterocycles. The van der Waals surface area contributed by atoms with Gasteiger partial charge < -0.3 is 46.2 Å². The van der Waals surface area contributed by atoms with E-state index < -0.39 is 39.9 Å². The van der Waals surface area contributed by atoms with Crippen LogP contribution in [0.15, 0.2) is 0 Å². The lowest BCUT2D eigenvalue weighted by molar-refractivity contribution is -0.141. The monoisotopic (exact) mass is 1100 g/mol. The standard InChI is InChI=1S/C61H117N9O8/c1-17-21-24-26-29-63-55(75)42-49(44-60(7,8)52(72)39-47(20-4)57(77)65-30-27-25-22-18-2)56(76)61(9,10)45-50(58(78)66-32-34-70(16)38-36-68(13)14)40-53(73)59(5,6)43-48(51(71)46-62-28-23-19-3)41-54(74)64-31-33-69(15)37-35-67(11)12/h47-50,62H,17-46H2,1-16H3,(H,63,75)(H,64,74)(H,65,77)(H,66,78). The van der Waals surface area contributed by atoms with Crippen molar-refractivity contribution >= 4 is 46.8 Å². The van der Waals surface area contributed by atoms with Crippen LogP contribution < -0.4 is 26.6 Å². The molecule has 0 aliphatic heterocycles. The number of ketones is 4. The highest BCUT2D eigenvalue weighted by molar-refractivity contribution is 5.95. The summed E-state index contributed by atoms with van der Waals surface area (Å²) in [6.45, 7) is 25.7. The molecule has 0 rings (SSSR count). The number of nitrogens with zero attached hydrogens (tertiary/aromatic N) is 4. The second kappa shape index (κ2) is 40.5. The third kappa shape index (κ3) is 33.2. The Kier molecular flexibility index (Phi) is 38.6. The molecule has 0 radical (unpaired) electrons. The third-order valence-electron chi connectivity index (χ3n) is 15.4. The normalized spacial score (nSPS) is 13.8. The number of carbonyl (C=O) groups is 8. The van der Waals surface area contributed by atoms with Gasteiger partial charge in [0.15, 0.2) is 0 Å². The summed E-state index contributed by atoms with van der Waals surface area (Å²) in [5.74, 6) is -5.16. The van der Waals surface area contributed by atoms with E-state index in [0.717, 1.165) is 90.4 Å². The summed E-state index contributed by atoms with van der Waals surface area (Å²) in [6, 6.07) is 0. The van der Waals surface area contributed by atoms with E-state index in [1.165, 1.54) is 0 Å². The Bertz CT molecular complexity index is 1770. The number of hydrogen-bond donors (Lipinski definition) is 5. The van der Waals surface area contributed by atoms with Crippen LogP contribution in [0.3, 0.4) is 0 Å². The Morgan fingerprint density at radius 1 is 0.397 bits per heavy atom. The van der Waals surface area contributed by atoms with Crippen molar-refractivity contribution in [3.8, 4) is 0 Å². The van der Waals surface area contributed by atoms with Gasteiger partial charge in [-0.1, -0.05) is 114 Å². The van der Waals surface area contributed by atoms with Crippen LogP contribution in [0.25, 0.3) is 0 Å². The molecule has 17 heteroatoms. The van der Waals surface area contributed by atoms with Crippen LogP contribution in [-0.2, 0) is 38.4 Å². The largest absolute Gasteiger partial charge is 0.356 e. The Morgan fingerprint density at radius 2 is 0.808 bits per heavy atom. The number of Topliss-reactive ketones (excluding diaryl/α,β-unsaturated/α-hetero) is 4. The Balaban J connectivity index is 6.99. The molecule has 5 N–H and O–H groups in total. The van der Waals surface area contributed by atoms with Gasteiger partial charge in [-0.15, -0.1) is 0 Å². The summed E-state index contributed by atoms with van der Waals surface area (Å²) in [4.78, 5) is 122. The van der Waals surface area contributed by atoms with Crippen LogP contribution in [-0.4, -0.2) is 187 Å². The van der Waals surface area contributed by atoms with Gasteiger partial charge in [-0.05, 0) is 93.8 Å². The Hall–Kier alpha value is -3.64. The second-order valence-electron chi connectivity index (χ2n) is 25.1. The van der Waals surface area contributed by atoms with Gasteiger partial charge in [-0.25, -0.2) is 0 Å². The maximum absolute atomic E-state index is 15.2. The van der Waals surface area contributed by atoms with Crippen LogP contribution in [0.5, 0.6) is 0 Å². The van der Waals surface area contributed by atoms with Crippen LogP contribution in [0.2, 0.25) is 0 Å². The van der Waals surface area contributed by atoms with E-state index in [9.17, 15) is 33.6 Å². The fourth-order valence-corrected chi connectivity index (χ4v) is 9.77. The van der Waals surface area contributed by atoms with Crippen molar-refractivity contribution in [1.82, 2.24) is 46.2 Å². The lowest BCUT2D eigenvalue weighted by atomic mass is 9.67. The van der Waals surface area contributed by atoms with Gasteiger partial charge in [0.05, 0.1) is 6.54 Å². The van der Waals surface area contributed by atoms with Crippen molar-refractivity contribution < 1.29 is 38.4 Å². The van der Waals surface area contributed by atoms with E-state index >= 15 is 4.79 Å². The summed E-state index contributed by atoms with van der Waals surface area (Å²) < 4.78 is 0. The number of amides is 4. The van der Waals surface area contributed by atoms with Gasteiger partial charge in [0.2, 0.25) is 23.6 Å². The average molecular weight is 1100 g/mol. The van der Waals surface area contributed by atoms with Gasteiger partial charge in [0, 0.05) is 131 Å². The molecular formula is C61H117N9O8. The summed E-state index contributed by atoms with van der Waals surface area (Å²) in [7, 11) is 12.0. The smallest absolute Gasteiger partial charge is 0.223 e. The summed E-state index contributed by atoms with van der Waals surface area (Å²) in [5, 5.41) is 15.3. The first kappa shape index (κ1) is 74.4. The molecule has 0 bridgehead atoms. The molecule has 0 fully saturated rings. The van der Waals surface area contributed by atoms with Crippen molar-refractivity contribution in [2.75, 3.05) is 121 Å². The zero-order chi connectivity index (χ0) is 59.5. The third-order valence-corrected chi connectivity index (χ3v) is 15.4. The first-order valence-electron chi connectivity index (χ1n) is 30.2. The van der Waals surface area contributed by atoms with E-state index in [1.54, 1.807) is 41.5 Å². The predicted octanol–water partition coefficient (Wildman–Crippen LogP) is 6.95. The summed E-state index contributed by atoms with van der Waals surface area (Å²) in [6.07, 6.45) is 9.88. The van der Waals surface area contributed by atoms with Gasteiger partial charge in [-0.3, -0.25) is 38.4 Å². The zero-order valence-corrected chi connectivity index (χ0v) is 52.6. The first-order chi connectivity index (χ1) is 36.6. The van der Waals surface area contributed by atoms with E-state index in [4.69, 9.17) is 0 Å². The van der Waals surface area contributed by atoms with Crippen molar-refractivity contribution in [2.24, 2.45) is 39.9 Å². The molecule has 0 aromatic carbocycles. The molecule has 17 nitrogen and oxygen atoms in total. The van der Waals surface area contributed by atoms with Crippen molar-refractivity contribution in [3.63, 3.8) is 0 Å². The Labute approximate surface area is 475 Å². The van der Waals surface area contributed by atoms with E-state index in [0.29, 0.717) is 52.2 Å². The lowest BCUT2D eigenvalue weighted by Crippen LogP contribution is -2.44. The SMILES string of the molecule is CCCCCCNC(=O)CC(CC(C)(C)C(=O)CC(CC)C(=O)NCCCCCC)C(=O)C(C)(C)CC(CC(=O)C(C)(C)CC(CC(=O)NCCN(C)CCN(C)C)C(=O)CNCCCC)C(=O)NCCN(C)CCN(C)C. The lowest BCUT2D eigenvalue weighted by Gasteiger charge is -2.35. The number of hydrogen-bond acceptors (Lipinski definition) is 13. The van der Waals surface area contributed by atoms with Crippen LogP contribution in [0.1, 0.15) is 185 Å². The van der Waals surface area contributed by atoms with Crippen LogP contribution >= 0.6 is 0 Å². The minimum atomic E-state index is -1.25. The van der Waals surface area contributed by atoms with Crippen molar-refractivity contribution in [2.45, 2.75) is 185 Å². The molecule has 4 amide bonds. The molecule has 0 aliphatic rings. The van der Waals surface area contributed by atoms with Crippen molar-refractivity contribution in [3.05, 3.63) is 0 Å². The minimum absolute atomic E-state index is 0.00406.